The van der Waals surface area contributed by atoms with Crippen LogP contribution in [0.4, 0.5) is 5.13 Å². The van der Waals surface area contributed by atoms with Crippen LogP contribution in [0.5, 0.6) is 5.75 Å². The standard InChI is InChI=1S/C35H26ClN5O4S2/c1-21-29(40-18-6-5-9-27(40)37-21)31(42)28-30(24-12-16-26(17-13-24)45-19-22-7-3-2-4-8-22)41(33(44)32(28)43)34-38-39-35(47-34)46-20-23-10-14-25(36)15-11-23/h2-18,30,42H,19-20H2,1H3/b31-28+. The largest absolute Gasteiger partial charge is 0.505 e. The van der Waals surface area contributed by atoms with Gasteiger partial charge in [-0.15, -0.1) is 10.2 Å². The zero-order chi connectivity index (χ0) is 32.5. The second-order valence-corrected chi connectivity index (χ2v) is 13.4. The molecule has 0 aliphatic carbocycles. The Bertz CT molecular complexity index is 2130. The zero-order valence-corrected chi connectivity index (χ0v) is 27.3. The lowest BCUT2D eigenvalue weighted by molar-refractivity contribution is -0.132. The Morgan fingerprint density at radius 1 is 0.936 bits per heavy atom. The molecule has 12 heteroatoms. The van der Waals surface area contributed by atoms with Crippen molar-refractivity contribution in [1.29, 1.82) is 0 Å². The number of hydrogen-bond donors (Lipinski definition) is 1. The van der Waals surface area contributed by atoms with E-state index in [0.717, 1.165) is 11.1 Å². The van der Waals surface area contributed by atoms with Crippen molar-refractivity contribution in [2.24, 2.45) is 0 Å². The number of imidazole rings is 1. The van der Waals surface area contributed by atoms with E-state index in [1.807, 2.05) is 60.7 Å². The Hall–Kier alpha value is -4.97. The first-order valence-electron chi connectivity index (χ1n) is 14.6. The molecule has 0 spiro atoms. The summed E-state index contributed by atoms with van der Waals surface area (Å²) in [7, 11) is 0. The third-order valence-corrected chi connectivity index (χ3v) is 10.1. The first kappa shape index (κ1) is 30.7. The quantitative estimate of drug-likeness (QED) is 0.0546. The van der Waals surface area contributed by atoms with Crippen LogP contribution in [0.2, 0.25) is 5.02 Å². The van der Waals surface area contributed by atoms with Crippen LogP contribution in [0.15, 0.2) is 113 Å². The van der Waals surface area contributed by atoms with Gasteiger partial charge < -0.3 is 9.84 Å². The van der Waals surface area contributed by atoms with Crippen LogP contribution in [0.25, 0.3) is 11.4 Å². The molecule has 7 rings (SSSR count). The predicted octanol–water partition coefficient (Wildman–Crippen LogP) is 7.65. The number of pyridine rings is 1. The van der Waals surface area contributed by atoms with Gasteiger partial charge in [0.1, 0.15) is 23.7 Å². The Morgan fingerprint density at radius 2 is 1.68 bits per heavy atom. The van der Waals surface area contributed by atoms with Crippen LogP contribution in [-0.4, -0.2) is 36.4 Å². The summed E-state index contributed by atoms with van der Waals surface area (Å²) in [5, 5.41) is 21.4. The maximum absolute atomic E-state index is 13.8. The topological polar surface area (TPSA) is 110 Å². The lowest BCUT2D eigenvalue weighted by atomic mass is 9.96. The van der Waals surface area contributed by atoms with E-state index in [2.05, 4.69) is 15.2 Å². The van der Waals surface area contributed by atoms with Crippen LogP contribution in [0.1, 0.15) is 34.1 Å². The molecule has 1 aliphatic heterocycles. The maximum atomic E-state index is 13.8. The number of fused-ring (bicyclic) bond motifs is 1. The van der Waals surface area contributed by atoms with E-state index in [1.54, 1.807) is 53.9 Å². The van der Waals surface area contributed by atoms with Crippen molar-refractivity contribution in [2.75, 3.05) is 4.90 Å². The van der Waals surface area contributed by atoms with Crippen molar-refractivity contribution in [3.8, 4) is 5.75 Å². The number of carbonyl (C=O) groups excluding carboxylic acids is 2. The van der Waals surface area contributed by atoms with Crippen molar-refractivity contribution in [1.82, 2.24) is 19.6 Å². The number of nitrogens with zero attached hydrogens (tertiary/aromatic N) is 5. The number of aliphatic hydroxyl groups excluding tert-OH is 1. The van der Waals surface area contributed by atoms with E-state index < -0.39 is 17.7 Å². The number of ether oxygens (including phenoxy) is 1. The minimum atomic E-state index is -0.978. The second kappa shape index (κ2) is 13.0. The Kier molecular flexibility index (Phi) is 8.50. The van der Waals surface area contributed by atoms with Crippen molar-refractivity contribution in [3.63, 3.8) is 0 Å². The van der Waals surface area contributed by atoms with Gasteiger partial charge in [0.25, 0.3) is 5.78 Å². The second-order valence-electron chi connectivity index (χ2n) is 10.8. The molecule has 234 valence electrons. The average molecular weight is 680 g/mol. The first-order chi connectivity index (χ1) is 22.9. The van der Waals surface area contributed by atoms with Gasteiger partial charge >= 0.3 is 5.91 Å². The van der Waals surface area contributed by atoms with Gasteiger partial charge in [-0.1, -0.05) is 95.4 Å². The summed E-state index contributed by atoms with van der Waals surface area (Å²) in [6, 6.07) is 28.9. The van der Waals surface area contributed by atoms with Crippen molar-refractivity contribution in [2.45, 2.75) is 29.7 Å². The smallest absolute Gasteiger partial charge is 0.301 e. The van der Waals surface area contributed by atoms with Crippen LogP contribution in [0.3, 0.4) is 0 Å². The molecule has 1 amide bonds. The molecular weight excluding hydrogens is 654 g/mol. The first-order valence-corrected chi connectivity index (χ1v) is 16.8. The molecule has 4 heterocycles. The highest BCUT2D eigenvalue weighted by Crippen LogP contribution is 2.44. The molecule has 9 nitrogen and oxygen atoms in total. The SMILES string of the molecule is Cc1nc2ccccn2c1/C(O)=C1\C(=O)C(=O)N(c2nnc(SCc3ccc(Cl)cc3)s2)C1c1ccc(OCc2ccccc2)cc1. The van der Waals surface area contributed by atoms with Gasteiger partial charge in [0.2, 0.25) is 5.13 Å². The zero-order valence-electron chi connectivity index (χ0n) is 24.9. The molecule has 1 aliphatic rings. The summed E-state index contributed by atoms with van der Waals surface area (Å²) in [4.78, 5) is 33.4. The van der Waals surface area contributed by atoms with E-state index in [-0.39, 0.29) is 16.5 Å². The number of amides is 1. The molecule has 1 fully saturated rings. The normalized spacial score (nSPS) is 15.9. The molecule has 0 radical (unpaired) electrons. The van der Waals surface area contributed by atoms with Crippen LogP contribution in [-0.2, 0) is 21.9 Å². The number of aryl methyl sites for hydroxylation is 1. The average Bonchev–Trinajstić information content (AvgIpc) is 3.77. The number of halogens is 1. The van der Waals surface area contributed by atoms with Crippen molar-refractivity contribution in [3.05, 3.63) is 142 Å². The number of thioether (sulfide) groups is 1. The number of aromatic nitrogens is 4. The highest BCUT2D eigenvalue weighted by atomic mass is 35.5. The number of rotatable bonds is 9. The molecular formula is C35H26ClN5O4S2. The summed E-state index contributed by atoms with van der Waals surface area (Å²) < 4.78 is 8.31. The van der Waals surface area contributed by atoms with E-state index in [4.69, 9.17) is 16.3 Å². The fourth-order valence-corrected chi connectivity index (χ4v) is 7.39. The molecule has 1 N–H and O–H groups in total. The fraction of sp³-hybridized carbons (Fsp3) is 0.114. The minimum absolute atomic E-state index is 0.0627. The third-order valence-electron chi connectivity index (χ3n) is 7.69. The summed E-state index contributed by atoms with van der Waals surface area (Å²) in [6.07, 6.45) is 1.75. The molecule has 1 unspecified atom stereocenters. The van der Waals surface area contributed by atoms with Gasteiger partial charge in [-0.05, 0) is 60.0 Å². The summed E-state index contributed by atoms with van der Waals surface area (Å²) in [5.41, 5.74) is 4.05. The van der Waals surface area contributed by atoms with Crippen molar-refractivity contribution >= 4 is 62.9 Å². The van der Waals surface area contributed by atoms with Gasteiger partial charge in [0.05, 0.1) is 17.3 Å². The lowest BCUT2D eigenvalue weighted by Gasteiger charge is -2.22. The van der Waals surface area contributed by atoms with Gasteiger partial charge in [-0.25, -0.2) is 4.98 Å². The number of anilines is 1. The Morgan fingerprint density at radius 3 is 2.45 bits per heavy atom. The van der Waals surface area contributed by atoms with Crippen LogP contribution in [0, 0.1) is 6.92 Å². The number of aliphatic hydroxyl groups is 1. The molecule has 0 saturated carbocycles. The van der Waals surface area contributed by atoms with E-state index in [0.29, 0.717) is 50.1 Å². The van der Waals surface area contributed by atoms with Crippen LogP contribution >= 0.6 is 34.7 Å². The molecule has 47 heavy (non-hydrogen) atoms. The van der Waals surface area contributed by atoms with Crippen molar-refractivity contribution < 1.29 is 19.4 Å². The van der Waals surface area contributed by atoms with Gasteiger partial charge in [0, 0.05) is 17.0 Å². The maximum Gasteiger partial charge on any atom is 0.301 e. The third kappa shape index (κ3) is 6.12. The van der Waals surface area contributed by atoms with Gasteiger partial charge in [0.15, 0.2) is 10.1 Å². The number of Topliss-reactive ketones (excluding diaryl/α,β-unsaturated/α-hetero) is 1. The fourth-order valence-electron chi connectivity index (χ4n) is 5.44. The van der Waals surface area contributed by atoms with E-state index in [1.165, 1.54) is 28.0 Å². The van der Waals surface area contributed by atoms with Crippen LogP contribution < -0.4 is 9.64 Å². The number of benzene rings is 3. The highest BCUT2D eigenvalue weighted by molar-refractivity contribution is 8.00. The van der Waals surface area contributed by atoms with E-state index in [9.17, 15) is 14.7 Å². The number of carbonyl (C=O) groups is 2. The van der Waals surface area contributed by atoms with Gasteiger partial charge in [-0.2, -0.15) is 0 Å². The molecule has 6 aromatic rings. The predicted molar refractivity (Wildman–Crippen MR) is 183 cm³/mol. The summed E-state index contributed by atoms with van der Waals surface area (Å²) >= 11 is 8.69. The monoisotopic (exact) mass is 679 g/mol. The summed E-state index contributed by atoms with van der Waals surface area (Å²) in [5.74, 6) is -0.723. The molecule has 1 atom stereocenters. The Balaban J connectivity index is 1.26. The van der Waals surface area contributed by atoms with E-state index >= 15 is 0 Å². The van der Waals surface area contributed by atoms with Gasteiger partial charge in [-0.3, -0.25) is 18.9 Å². The highest BCUT2D eigenvalue weighted by Gasteiger charge is 2.49. The molecule has 3 aromatic heterocycles. The Labute approximate surface area is 283 Å². The minimum Gasteiger partial charge on any atom is -0.505 e. The summed E-state index contributed by atoms with van der Waals surface area (Å²) in [6.45, 7) is 2.13. The number of ketones is 1. The molecule has 0 bridgehead atoms. The lowest BCUT2D eigenvalue weighted by Crippen LogP contribution is -2.29. The number of hydrogen-bond acceptors (Lipinski definition) is 9. The molecule has 3 aromatic carbocycles. The molecule has 1 saturated heterocycles.